The lowest BCUT2D eigenvalue weighted by Gasteiger charge is -2.11. The third-order valence-corrected chi connectivity index (χ3v) is 3.77. The van der Waals surface area contributed by atoms with E-state index in [4.69, 9.17) is 4.42 Å². The Morgan fingerprint density at radius 1 is 1.37 bits per heavy atom. The zero-order valence-corrected chi connectivity index (χ0v) is 11.7. The first-order chi connectivity index (χ1) is 9.28. The van der Waals surface area contributed by atoms with Crippen LogP contribution in [0.4, 0.5) is 0 Å². The minimum Gasteiger partial charge on any atom is -0.459 e. The van der Waals surface area contributed by atoms with Crippen molar-refractivity contribution in [1.29, 1.82) is 0 Å². The number of aryl methyl sites for hydroxylation is 1. The van der Waals surface area contributed by atoms with Gasteiger partial charge in [-0.2, -0.15) is 0 Å². The molecule has 0 aliphatic carbocycles. The molecule has 2 heterocycles. The van der Waals surface area contributed by atoms with E-state index >= 15 is 0 Å². The van der Waals surface area contributed by atoms with Gasteiger partial charge in [-0.15, -0.1) is 5.10 Å². The quantitative estimate of drug-likeness (QED) is 0.792. The highest BCUT2D eigenvalue weighted by atomic mass is 32.1. The number of rotatable bonds is 4. The molecule has 1 aromatic carbocycles. The number of benzene rings is 1. The molecule has 1 unspecified atom stereocenters. The van der Waals surface area contributed by atoms with Crippen LogP contribution in [0.5, 0.6) is 0 Å². The van der Waals surface area contributed by atoms with Gasteiger partial charge in [0.05, 0.1) is 11.1 Å². The van der Waals surface area contributed by atoms with Gasteiger partial charge in [0.15, 0.2) is 0 Å². The van der Waals surface area contributed by atoms with Gasteiger partial charge < -0.3 is 9.73 Å². The Kier molecular flexibility index (Phi) is 3.31. The van der Waals surface area contributed by atoms with Gasteiger partial charge in [0.2, 0.25) is 0 Å². The average molecular weight is 273 g/mol. The predicted molar refractivity (Wildman–Crippen MR) is 76.4 cm³/mol. The highest BCUT2D eigenvalue weighted by molar-refractivity contribution is 7.05. The Morgan fingerprint density at radius 3 is 3.00 bits per heavy atom. The molecule has 1 N–H and O–H groups in total. The molecule has 3 aromatic rings. The molecule has 2 aromatic heterocycles. The molecule has 0 amide bonds. The molecule has 19 heavy (non-hydrogen) atoms. The maximum atomic E-state index is 5.95. The van der Waals surface area contributed by atoms with Crippen LogP contribution >= 0.6 is 11.5 Å². The summed E-state index contributed by atoms with van der Waals surface area (Å²) in [6.45, 7) is 5.02. The van der Waals surface area contributed by atoms with Gasteiger partial charge in [-0.05, 0) is 43.2 Å². The lowest BCUT2D eigenvalue weighted by Crippen LogP contribution is -2.20. The Morgan fingerprint density at radius 2 is 2.26 bits per heavy atom. The summed E-state index contributed by atoms with van der Waals surface area (Å²) in [5, 5.41) is 8.45. The molecule has 0 aliphatic rings. The van der Waals surface area contributed by atoms with Crippen molar-refractivity contribution in [2.75, 3.05) is 6.54 Å². The van der Waals surface area contributed by atoms with Crippen molar-refractivity contribution >= 4 is 22.5 Å². The van der Waals surface area contributed by atoms with E-state index in [2.05, 4.69) is 47.0 Å². The van der Waals surface area contributed by atoms with Crippen molar-refractivity contribution in [3.63, 3.8) is 0 Å². The predicted octanol–water partition coefficient (Wildman–Crippen LogP) is 3.29. The number of furan rings is 1. The molecule has 5 heteroatoms. The molecule has 0 fully saturated rings. The second-order valence-corrected chi connectivity index (χ2v) is 5.32. The van der Waals surface area contributed by atoms with Crippen LogP contribution in [0, 0.1) is 6.92 Å². The van der Waals surface area contributed by atoms with Crippen LogP contribution in [0.25, 0.3) is 11.0 Å². The van der Waals surface area contributed by atoms with Gasteiger partial charge in [-0.1, -0.05) is 23.0 Å². The van der Waals surface area contributed by atoms with Crippen molar-refractivity contribution in [3.05, 3.63) is 46.7 Å². The first-order valence-electron chi connectivity index (χ1n) is 6.28. The Labute approximate surface area is 115 Å². The monoisotopic (exact) mass is 273 g/mol. The van der Waals surface area contributed by atoms with Gasteiger partial charge in [0.25, 0.3) is 0 Å². The van der Waals surface area contributed by atoms with Crippen LogP contribution in [0.1, 0.15) is 29.2 Å². The fraction of sp³-hybridized carbons (Fsp3) is 0.286. The number of nitrogens with one attached hydrogen (secondary N) is 1. The Bertz CT molecular complexity index is 675. The maximum absolute atomic E-state index is 5.95. The maximum Gasteiger partial charge on any atom is 0.134 e. The molecule has 0 aliphatic heterocycles. The van der Waals surface area contributed by atoms with Crippen LogP contribution in [0.2, 0.25) is 0 Å². The van der Waals surface area contributed by atoms with Crippen molar-refractivity contribution in [2.24, 2.45) is 0 Å². The summed E-state index contributed by atoms with van der Waals surface area (Å²) in [5.74, 6) is 0.911. The summed E-state index contributed by atoms with van der Waals surface area (Å²) in [4.78, 5) is 1.07. The van der Waals surface area contributed by atoms with E-state index in [0.29, 0.717) is 0 Å². The van der Waals surface area contributed by atoms with Crippen LogP contribution in [0.15, 0.2) is 34.9 Å². The standard InChI is InChI=1S/C14H15N3OS/c1-3-15-14(13-8-16-17-19-13)12-7-10-6-9(2)4-5-11(10)18-12/h4-8,14-15H,3H2,1-2H3. The third-order valence-electron chi connectivity index (χ3n) is 3.05. The summed E-state index contributed by atoms with van der Waals surface area (Å²) in [5.41, 5.74) is 2.15. The molecular formula is C14H15N3OS. The summed E-state index contributed by atoms with van der Waals surface area (Å²) in [6.07, 6.45) is 1.79. The molecule has 3 rings (SSSR count). The summed E-state index contributed by atoms with van der Waals surface area (Å²) in [6, 6.07) is 8.33. The fourth-order valence-corrected chi connectivity index (χ4v) is 2.76. The first-order valence-corrected chi connectivity index (χ1v) is 7.06. The van der Waals surface area contributed by atoms with E-state index in [-0.39, 0.29) is 6.04 Å². The van der Waals surface area contributed by atoms with Gasteiger partial charge in [0, 0.05) is 5.39 Å². The minimum absolute atomic E-state index is 0.0257. The molecule has 1 atom stereocenters. The highest BCUT2D eigenvalue weighted by Gasteiger charge is 2.19. The molecular weight excluding hydrogens is 258 g/mol. The summed E-state index contributed by atoms with van der Waals surface area (Å²) >= 11 is 1.40. The van der Waals surface area contributed by atoms with E-state index in [1.807, 2.05) is 6.07 Å². The smallest absolute Gasteiger partial charge is 0.134 e. The van der Waals surface area contributed by atoms with E-state index in [1.54, 1.807) is 6.20 Å². The van der Waals surface area contributed by atoms with E-state index in [1.165, 1.54) is 17.1 Å². The highest BCUT2D eigenvalue weighted by Crippen LogP contribution is 2.29. The zero-order valence-electron chi connectivity index (χ0n) is 10.9. The zero-order chi connectivity index (χ0) is 13.2. The minimum atomic E-state index is 0.0257. The Balaban J connectivity index is 2.05. The summed E-state index contributed by atoms with van der Waals surface area (Å²) in [7, 11) is 0. The van der Waals surface area contributed by atoms with E-state index in [9.17, 15) is 0 Å². The topological polar surface area (TPSA) is 51.0 Å². The van der Waals surface area contributed by atoms with Crippen molar-refractivity contribution in [3.8, 4) is 0 Å². The van der Waals surface area contributed by atoms with Gasteiger partial charge in [-0.25, -0.2) is 0 Å². The van der Waals surface area contributed by atoms with Crippen LogP contribution in [-0.2, 0) is 0 Å². The van der Waals surface area contributed by atoms with E-state index < -0.39 is 0 Å². The molecule has 0 saturated carbocycles. The van der Waals surface area contributed by atoms with Crippen molar-refractivity contribution in [1.82, 2.24) is 14.9 Å². The molecule has 98 valence electrons. The van der Waals surface area contributed by atoms with Crippen LogP contribution in [-0.4, -0.2) is 16.1 Å². The molecule has 0 spiro atoms. The third kappa shape index (κ3) is 2.39. The number of hydrogen-bond donors (Lipinski definition) is 1. The number of hydrogen-bond acceptors (Lipinski definition) is 5. The van der Waals surface area contributed by atoms with Crippen LogP contribution < -0.4 is 5.32 Å². The number of aromatic nitrogens is 2. The fourth-order valence-electron chi connectivity index (χ4n) is 2.17. The molecule has 4 nitrogen and oxygen atoms in total. The largest absolute Gasteiger partial charge is 0.459 e. The summed E-state index contributed by atoms with van der Waals surface area (Å²) < 4.78 is 9.88. The van der Waals surface area contributed by atoms with Crippen LogP contribution in [0.3, 0.4) is 0 Å². The first kappa shape index (κ1) is 12.3. The van der Waals surface area contributed by atoms with Gasteiger partial charge in [-0.3, -0.25) is 0 Å². The molecule has 0 radical (unpaired) electrons. The second-order valence-electron chi connectivity index (χ2n) is 4.50. The number of nitrogens with zero attached hydrogens (tertiary/aromatic N) is 2. The normalized spacial score (nSPS) is 12.9. The molecule has 0 saturated heterocycles. The average Bonchev–Trinajstić information content (AvgIpc) is 3.04. The van der Waals surface area contributed by atoms with Gasteiger partial charge >= 0.3 is 0 Å². The number of fused-ring (bicyclic) bond motifs is 1. The lowest BCUT2D eigenvalue weighted by molar-refractivity contribution is 0.480. The SMILES string of the molecule is CCNC(c1cc2cc(C)ccc2o1)c1cnns1. The van der Waals surface area contributed by atoms with Gasteiger partial charge in [0.1, 0.15) is 17.4 Å². The van der Waals surface area contributed by atoms with E-state index in [0.717, 1.165) is 28.2 Å². The molecule has 0 bridgehead atoms. The second kappa shape index (κ2) is 5.11. The van der Waals surface area contributed by atoms with Crippen molar-refractivity contribution < 1.29 is 4.42 Å². The lowest BCUT2D eigenvalue weighted by atomic mass is 10.1. The van der Waals surface area contributed by atoms with Crippen molar-refractivity contribution in [2.45, 2.75) is 19.9 Å². The Hall–Kier alpha value is -1.72.